The topological polar surface area (TPSA) is 67.2 Å². The fourth-order valence-corrected chi connectivity index (χ4v) is 3.40. The molecule has 0 spiro atoms. The molecule has 2 amide bonds. The van der Waals surface area contributed by atoms with Crippen molar-refractivity contribution in [3.63, 3.8) is 0 Å². The highest BCUT2D eigenvalue weighted by molar-refractivity contribution is 5.93. The van der Waals surface area contributed by atoms with Gasteiger partial charge in [-0.3, -0.25) is 19.5 Å². The molecule has 32 heavy (non-hydrogen) atoms. The molecule has 7 heteroatoms. The first-order chi connectivity index (χ1) is 15.3. The number of imidazole rings is 1. The summed E-state index contributed by atoms with van der Waals surface area (Å²) in [6.07, 6.45) is 2.09. The summed E-state index contributed by atoms with van der Waals surface area (Å²) in [5.74, 6) is -0.272. The molecule has 0 saturated carbocycles. The van der Waals surface area contributed by atoms with E-state index < -0.39 is 0 Å². The van der Waals surface area contributed by atoms with Crippen LogP contribution in [0.15, 0.2) is 54.7 Å². The highest BCUT2D eigenvalue weighted by Gasteiger charge is 2.20. The Morgan fingerprint density at radius 2 is 1.88 bits per heavy atom. The minimum absolute atomic E-state index is 0.0688. The van der Waals surface area contributed by atoms with Crippen LogP contribution in [0.5, 0.6) is 0 Å². The smallest absolute Gasteiger partial charge is 0.246 e. The van der Waals surface area contributed by atoms with Crippen LogP contribution in [0.1, 0.15) is 32.8 Å². The van der Waals surface area contributed by atoms with Crippen LogP contribution < -0.4 is 5.32 Å². The SMILES string of the molecule is CCC(=O)N(CC(=O)Nc1nc(-c2ccccc2)cn1-c1ccc(C)c(F)c1)CC(C)C. The number of aryl methyl sites for hydroxylation is 1. The molecule has 0 radical (unpaired) electrons. The van der Waals surface area contributed by atoms with E-state index in [1.807, 2.05) is 44.2 Å². The molecule has 0 saturated heterocycles. The minimum atomic E-state index is -0.355. The lowest BCUT2D eigenvalue weighted by atomic mass is 10.2. The largest absolute Gasteiger partial charge is 0.333 e. The summed E-state index contributed by atoms with van der Waals surface area (Å²) in [6.45, 7) is 7.89. The number of nitrogens with zero attached hydrogens (tertiary/aromatic N) is 3. The van der Waals surface area contributed by atoms with Crippen molar-refractivity contribution in [1.29, 1.82) is 0 Å². The van der Waals surface area contributed by atoms with Crippen LogP contribution in [0.2, 0.25) is 0 Å². The third-order valence-corrected chi connectivity index (χ3v) is 5.04. The lowest BCUT2D eigenvalue weighted by molar-refractivity contribution is -0.134. The lowest BCUT2D eigenvalue weighted by Crippen LogP contribution is -2.40. The van der Waals surface area contributed by atoms with Crippen molar-refractivity contribution in [3.05, 3.63) is 66.1 Å². The molecule has 0 aliphatic heterocycles. The van der Waals surface area contributed by atoms with Crippen LogP contribution in [-0.2, 0) is 9.59 Å². The highest BCUT2D eigenvalue weighted by Crippen LogP contribution is 2.25. The van der Waals surface area contributed by atoms with Crippen LogP contribution in [0, 0.1) is 18.7 Å². The molecule has 0 bridgehead atoms. The Morgan fingerprint density at radius 3 is 2.50 bits per heavy atom. The average molecular weight is 437 g/mol. The maximum Gasteiger partial charge on any atom is 0.246 e. The van der Waals surface area contributed by atoms with Crippen LogP contribution in [0.25, 0.3) is 16.9 Å². The van der Waals surface area contributed by atoms with Crippen LogP contribution in [-0.4, -0.2) is 39.4 Å². The number of nitrogens with one attached hydrogen (secondary N) is 1. The highest BCUT2D eigenvalue weighted by atomic mass is 19.1. The Hall–Kier alpha value is -3.48. The summed E-state index contributed by atoms with van der Waals surface area (Å²) in [6, 6.07) is 14.4. The molecule has 1 heterocycles. The molecular weight excluding hydrogens is 407 g/mol. The summed E-state index contributed by atoms with van der Waals surface area (Å²) in [5, 5.41) is 2.81. The molecule has 0 unspecified atom stereocenters. The molecule has 0 atom stereocenters. The van der Waals surface area contributed by atoms with Gasteiger partial charge in [0.1, 0.15) is 5.82 Å². The maximum absolute atomic E-state index is 14.2. The minimum Gasteiger partial charge on any atom is -0.333 e. The van der Waals surface area contributed by atoms with Crippen molar-refractivity contribution in [2.45, 2.75) is 34.1 Å². The van der Waals surface area contributed by atoms with Crippen molar-refractivity contribution in [2.24, 2.45) is 5.92 Å². The van der Waals surface area contributed by atoms with Gasteiger partial charge in [0.2, 0.25) is 17.8 Å². The van der Waals surface area contributed by atoms with E-state index in [1.54, 1.807) is 41.6 Å². The predicted molar refractivity (Wildman–Crippen MR) is 124 cm³/mol. The van der Waals surface area contributed by atoms with E-state index in [0.29, 0.717) is 29.9 Å². The average Bonchev–Trinajstić information content (AvgIpc) is 3.18. The number of hydrogen-bond donors (Lipinski definition) is 1. The van der Waals surface area contributed by atoms with Crippen molar-refractivity contribution >= 4 is 17.8 Å². The Bertz CT molecular complexity index is 1090. The van der Waals surface area contributed by atoms with E-state index in [2.05, 4.69) is 10.3 Å². The third-order valence-electron chi connectivity index (χ3n) is 5.04. The molecule has 0 aliphatic rings. The third kappa shape index (κ3) is 5.60. The molecule has 1 N–H and O–H groups in total. The van der Waals surface area contributed by atoms with Gasteiger partial charge in [0.25, 0.3) is 0 Å². The fourth-order valence-electron chi connectivity index (χ4n) is 3.40. The first-order valence-electron chi connectivity index (χ1n) is 10.8. The van der Waals surface area contributed by atoms with Crippen LogP contribution >= 0.6 is 0 Å². The van der Waals surface area contributed by atoms with Gasteiger partial charge in [0, 0.05) is 24.7 Å². The second-order valence-electron chi connectivity index (χ2n) is 8.19. The summed E-state index contributed by atoms with van der Waals surface area (Å²) in [7, 11) is 0. The normalized spacial score (nSPS) is 10.9. The Morgan fingerprint density at radius 1 is 1.16 bits per heavy atom. The summed E-state index contributed by atoms with van der Waals surface area (Å²) >= 11 is 0. The van der Waals surface area contributed by atoms with E-state index in [0.717, 1.165) is 5.56 Å². The molecule has 0 aliphatic carbocycles. The van der Waals surface area contributed by atoms with Crippen molar-refractivity contribution in [2.75, 3.05) is 18.4 Å². The van der Waals surface area contributed by atoms with Crippen molar-refractivity contribution in [3.8, 4) is 16.9 Å². The van der Waals surface area contributed by atoms with Gasteiger partial charge in [-0.05, 0) is 30.5 Å². The van der Waals surface area contributed by atoms with Gasteiger partial charge in [-0.15, -0.1) is 0 Å². The quantitative estimate of drug-likeness (QED) is 0.551. The maximum atomic E-state index is 14.2. The van der Waals surface area contributed by atoms with Crippen molar-refractivity contribution < 1.29 is 14.0 Å². The summed E-state index contributed by atoms with van der Waals surface area (Å²) in [5.41, 5.74) is 2.59. The van der Waals surface area contributed by atoms with Crippen LogP contribution in [0.4, 0.5) is 10.3 Å². The number of amides is 2. The number of rotatable bonds is 8. The van der Waals surface area contributed by atoms with Gasteiger partial charge < -0.3 is 4.90 Å². The lowest BCUT2D eigenvalue weighted by Gasteiger charge is -2.23. The predicted octanol–water partition coefficient (Wildman–Crippen LogP) is 4.82. The monoisotopic (exact) mass is 436 g/mol. The van der Waals surface area contributed by atoms with Crippen molar-refractivity contribution in [1.82, 2.24) is 14.5 Å². The Kier molecular flexibility index (Phi) is 7.41. The number of benzene rings is 2. The van der Waals surface area contributed by atoms with E-state index in [9.17, 15) is 14.0 Å². The number of anilines is 1. The second-order valence-corrected chi connectivity index (χ2v) is 8.19. The number of carbonyl (C=O) groups is 2. The standard InChI is InChI=1S/C25H29FN4O2/c1-5-24(32)29(14-17(2)3)16-23(31)28-25-27-22(19-9-7-6-8-10-19)15-30(25)20-12-11-18(4)21(26)13-20/h6-13,15,17H,5,14,16H2,1-4H3,(H,27,28,31). The van der Waals surface area contributed by atoms with Gasteiger partial charge in [0.05, 0.1) is 17.9 Å². The Balaban J connectivity index is 1.93. The molecular formula is C25H29FN4O2. The number of carbonyl (C=O) groups excluding carboxylic acids is 2. The molecule has 0 fully saturated rings. The van der Waals surface area contributed by atoms with E-state index in [4.69, 9.17) is 0 Å². The fraction of sp³-hybridized carbons (Fsp3) is 0.320. The zero-order chi connectivity index (χ0) is 23.3. The van der Waals surface area contributed by atoms with Gasteiger partial charge in [0.15, 0.2) is 0 Å². The molecule has 1 aromatic heterocycles. The first-order valence-corrected chi connectivity index (χ1v) is 10.8. The van der Waals surface area contributed by atoms with Gasteiger partial charge in [-0.25, -0.2) is 9.37 Å². The molecule has 168 valence electrons. The molecule has 3 aromatic rings. The number of aromatic nitrogens is 2. The first kappa shape index (κ1) is 23.2. The zero-order valence-electron chi connectivity index (χ0n) is 18.9. The van der Waals surface area contributed by atoms with Gasteiger partial charge in [-0.2, -0.15) is 0 Å². The number of hydrogen-bond acceptors (Lipinski definition) is 3. The second kappa shape index (κ2) is 10.2. The number of halogens is 1. The molecule has 6 nitrogen and oxygen atoms in total. The van der Waals surface area contributed by atoms with Crippen LogP contribution in [0.3, 0.4) is 0 Å². The molecule has 2 aromatic carbocycles. The van der Waals surface area contributed by atoms with E-state index in [-0.39, 0.29) is 36.0 Å². The van der Waals surface area contributed by atoms with E-state index in [1.165, 1.54) is 6.07 Å². The summed E-state index contributed by atoms with van der Waals surface area (Å²) < 4.78 is 15.9. The van der Waals surface area contributed by atoms with Gasteiger partial charge in [-0.1, -0.05) is 57.2 Å². The summed E-state index contributed by atoms with van der Waals surface area (Å²) in [4.78, 5) is 31.2. The van der Waals surface area contributed by atoms with Gasteiger partial charge >= 0.3 is 0 Å². The van der Waals surface area contributed by atoms with E-state index >= 15 is 0 Å². The zero-order valence-corrected chi connectivity index (χ0v) is 18.9. The Labute approximate surface area is 188 Å². The molecule has 3 rings (SSSR count).